The number of hydrogen-bond donors (Lipinski definition) is 1. The molecule has 0 spiro atoms. The maximum Gasteiger partial charge on any atom is 0.258 e. The van der Waals surface area contributed by atoms with Crippen LogP contribution in [-0.2, 0) is 17.9 Å². The molecule has 3 aromatic rings. The lowest BCUT2D eigenvalue weighted by Gasteiger charge is -2.10. The van der Waals surface area contributed by atoms with Gasteiger partial charge in [-0.15, -0.1) is 0 Å². The SMILES string of the molecule is O=C(COc1ccc(OCc2ccccc2)cc1)NCc1ccc2c(c1)OCO2. The average molecular weight is 391 g/mol. The van der Waals surface area contributed by atoms with Gasteiger partial charge in [0.05, 0.1) is 0 Å². The van der Waals surface area contributed by atoms with E-state index >= 15 is 0 Å². The topological polar surface area (TPSA) is 66.0 Å². The van der Waals surface area contributed by atoms with Crippen molar-refractivity contribution in [2.24, 2.45) is 0 Å². The van der Waals surface area contributed by atoms with Crippen LogP contribution in [0.5, 0.6) is 23.0 Å². The molecule has 1 heterocycles. The van der Waals surface area contributed by atoms with E-state index in [2.05, 4.69) is 5.32 Å². The minimum atomic E-state index is -0.202. The zero-order chi connectivity index (χ0) is 19.9. The second-order valence-corrected chi connectivity index (χ2v) is 6.50. The molecule has 148 valence electrons. The third-order valence-corrected chi connectivity index (χ3v) is 4.37. The number of carbonyl (C=O) groups is 1. The molecule has 3 aromatic carbocycles. The summed E-state index contributed by atoms with van der Waals surface area (Å²) in [6, 6.07) is 22.8. The van der Waals surface area contributed by atoms with E-state index in [4.69, 9.17) is 18.9 Å². The van der Waals surface area contributed by atoms with Gasteiger partial charge in [-0.1, -0.05) is 36.4 Å². The summed E-state index contributed by atoms with van der Waals surface area (Å²) >= 11 is 0. The fraction of sp³-hybridized carbons (Fsp3) is 0.174. The Morgan fingerprint density at radius 3 is 2.34 bits per heavy atom. The van der Waals surface area contributed by atoms with Gasteiger partial charge in [0.2, 0.25) is 6.79 Å². The van der Waals surface area contributed by atoms with E-state index in [-0.39, 0.29) is 19.3 Å². The molecular formula is C23H21NO5. The molecule has 1 aliphatic heterocycles. The molecule has 0 aromatic heterocycles. The van der Waals surface area contributed by atoms with Gasteiger partial charge in [-0.2, -0.15) is 0 Å². The van der Waals surface area contributed by atoms with Gasteiger partial charge in [-0.05, 0) is 47.5 Å². The first-order valence-electron chi connectivity index (χ1n) is 9.31. The van der Waals surface area contributed by atoms with Crippen LogP contribution in [0, 0.1) is 0 Å². The van der Waals surface area contributed by atoms with Crippen LogP contribution in [0.3, 0.4) is 0 Å². The van der Waals surface area contributed by atoms with E-state index in [0.717, 1.165) is 22.6 Å². The second kappa shape index (κ2) is 9.01. The van der Waals surface area contributed by atoms with Crippen molar-refractivity contribution < 1.29 is 23.7 Å². The molecule has 0 radical (unpaired) electrons. The lowest BCUT2D eigenvalue weighted by atomic mass is 10.2. The van der Waals surface area contributed by atoms with Gasteiger partial charge in [0.15, 0.2) is 18.1 Å². The fourth-order valence-electron chi connectivity index (χ4n) is 2.82. The maximum atomic E-state index is 12.0. The Kier molecular flexibility index (Phi) is 5.81. The smallest absolute Gasteiger partial charge is 0.258 e. The molecule has 29 heavy (non-hydrogen) atoms. The van der Waals surface area contributed by atoms with Gasteiger partial charge < -0.3 is 24.3 Å². The largest absolute Gasteiger partial charge is 0.489 e. The third-order valence-electron chi connectivity index (χ3n) is 4.37. The van der Waals surface area contributed by atoms with Crippen LogP contribution in [0.4, 0.5) is 0 Å². The number of benzene rings is 3. The van der Waals surface area contributed by atoms with E-state index in [1.54, 1.807) is 12.1 Å². The number of ether oxygens (including phenoxy) is 4. The minimum absolute atomic E-state index is 0.0607. The Hall–Kier alpha value is -3.67. The monoisotopic (exact) mass is 391 g/mol. The number of nitrogens with one attached hydrogen (secondary N) is 1. The van der Waals surface area contributed by atoms with Gasteiger partial charge in [0.25, 0.3) is 5.91 Å². The molecule has 0 atom stereocenters. The molecule has 0 fully saturated rings. The van der Waals surface area contributed by atoms with Crippen LogP contribution < -0.4 is 24.3 Å². The van der Waals surface area contributed by atoms with Crippen molar-refractivity contribution in [2.75, 3.05) is 13.4 Å². The molecule has 4 rings (SSSR count). The fourth-order valence-corrected chi connectivity index (χ4v) is 2.82. The van der Waals surface area contributed by atoms with Crippen LogP contribution in [0.25, 0.3) is 0 Å². The van der Waals surface area contributed by atoms with Crippen molar-refractivity contribution in [3.63, 3.8) is 0 Å². The molecule has 0 bridgehead atoms. The Morgan fingerprint density at radius 1 is 0.828 bits per heavy atom. The highest BCUT2D eigenvalue weighted by Gasteiger charge is 2.13. The van der Waals surface area contributed by atoms with Gasteiger partial charge in [0, 0.05) is 6.54 Å². The van der Waals surface area contributed by atoms with Gasteiger partial charge in [0.1, 0.15) is 18.1 Å². The average Bonchev–Trinajstić information content (AvgIpc) is 3.24. The normalized spacial score (nSPS) is 11.7. The highest BCUT2D eigenvalue weighted by Crippen LogP contribution is 2.32. The zero-order valence-electron chi connectivity index (χ0n) is 15.8. The van der Waals surface area contributed by atoms with Crippen molar-refractivity contribution in [1.82, 2.24) is 5.32 Å². The predicted octanol–water partition coefficient (Wildman–Crippen LogP) is 3.69. The summed E-state index contributed by atoms with van der Waals surface area (Å²) in [5.41, 5.74) is 2.04. The van der Waals surface area contributed by atoms with Crippen molar-refractivity contribution >= 4 is 5.91 Å². The molecule has 0 aliphatic carbocycles. The van der Waals surface area contributed by atoms with Crippen molar-refractivity contribution in [2.45, 2.75) is 13.2 Å². The maximum absolute atomic E-state index is 12.0. The molecule has 0 saturated carbocycles. The number of carbonyl (C=O) groups excluding carboxylic acids is 1. The Balaban J connectivity index is 1.20. The quantitative estimate of drug-likeness (QED) is 0.634. The summed E-state index contributed by atoms with van der Waals surface area (Å²) in [6.45, 7) is 1.07. The molecule has 1 amide bonds. The minimum Gasteiger partial charge on any atom is -0.489 e. The highest BCUT2D eigenvalue weighted by molar-refractivity contribution is 5.77. The Bertz CT molecular complexity index is 957. The Morgan fingerprint density at radius 2 is 1.55 bits per heavy atom. The number of hydrogen-bond acceptors (Lipinski definition) is 5. The molecular weight excluding hydrogens is 370 g/mol. The highest BCUT2D eigenvalue weighted by atomic mass is 16.7. The van der Waals surface area contributed by atoms with E-state index in [1.807, 2.05) is 60.7 Å². The zero-order valence-corrected chi connectivity index (χ0v) is 15.8. The van der Waals surface area contributed by atoms with E-state index in [1.165, 1.54) is 0 Å². The summed E-state index contributed by atoms with van der Waals surface area (Å²) < 4.78 is 21.9. The standard InChI is InChI=1S/C23H21NO5/c25-23(24-13-18-6-11-21-22(12-18)29-16-28-21)15-27-20-9-7-19(8-10-20)26-14-17-4-2-1-3-5-17/h1-12H,13-16H2,(H,24,25). The predicted molar refractivity (Wildman–Crippen MR) is 107 cm³/mol. The van der Waals surface area contributed by atoms with Gasteiger partial charge >= 0.3 is 0 Å². The molecule has 1 aliphatic rings. The molecule has 0 unspecified atom stereocenters. The van der Waals surface area contributed by atoms with E-state index in [0.29, 0.717) is 24.7 Å². The van der Waals surface area contributed by atoms with Crippen LogP contribution in [-0.4, -0.2) is 19.3 Å². The summed E-state index contributed by atoms with van der Waals surface area (Å²) in [5, 5.41) is 2.83. The Labute approximate surface area is 169 Å². The molecule has 1 N–H and O–H groups in total. The number of amides is 1. The first-order chi connectivity index (χ1) is 14.3. The van der Waals surface area contributed by atoms with Crippen LogP contribution in [0.1, 0.15) is 11.1 Å². The van der Waals surface area contributed by atoms with Crippen molar-refractivity contribution in [1.29, 1.82) is 0 Å². The summed E-state index contributed by atoms with van der Waals surface area (Å²) in [4.78, 5) is 12.0. The molecule has 6 nitrogen and oxygen atoms in total. The summed E-state index contributed by atoms with van der Waals surface area (Å²) in [7, 11) is 0. The van der Waals surface area contributed by atoms with Crippen LogP contribution in [0.2, 0.25) is 0 Å². The van der Waals surface area contributed by atoms with Gasteiger partial charge in [-0.25, -0.2) is 0 Å². The lowest BCUT2D eigenvalue weighted by molar-refractivity contribution is -0.123. The third kappa shape index (κ3) is 5.19. The van der Waals surface area contributed by atoms with Crippen molar-refractivity contribution in [3.8, 4) is 23.0 Å². The van der Waals surface area contributed by atoms with Crippen LogP contribution >= 0.6 is 0 Å². The second-order valence-electron chi connectivity index (χ2n) is 6.50. The first kappa shape index (κ1) is 18.7. The van der Waals surface area contributed by atoms with Gasteiger partial charge in [-0.3, -0.25) is 4.79 Å². The number of fused-ring (bicyclic) bond motifs is 1. The molecule has 6 heteroatoms. The summed E-state index contributed by atoms with van der Waals surface area (Å²) in [6.07, 6.45) is 0. The van der Waals surface area contributed by atoms with E-state index < -0.39 is 0 Å². The molecule has 0 saturated heterocycles. The first-order valence-corrected chi connectivity index (χ1v) is 9.31. The lowest BCUT2D eigenvalue weighted by Crippen LogP contribution is -2.28. The van der Waals surface area contributed by atoms with Crippen LogP contribution in [0.15, 0.2) is 72.8 Å². The number of rotatable bonds is 8. The summed E-state index contributed by atoms with van der Waals surface area (Å²) in [5.74, 6) is 2.57. The van der Waals surface area contributed by atoms with E-state index in [9.17, 15) is 4.79 Å². The van der Waals surface area contributed by atoms with Crippen molar-refractivity contribution in [3.05, 3.63) is 83.9 Å².